The summed E-state index contributed by atoms with van der Waals surface area (Å²) in [5.74, 6) is -0.175. The third-order valence-corrected chi connectivity index (χ3v) is 3.58. The van der Waals surface area contributed by atoms with Crippen LogP contribution in [0.2, 0.25) is 0 Å². The molecule has 23 heavy (non-hydrogen) atoms. The maximum atomic E-state index is 12.0. The Labute approximate surface area is 141 Å². The summed E-state index contributed by atoms with van der Waals surface area (Å²) in [6.07, 6.45) is 9.76. The van der Waals surface area contributed by atoms with Crippen molar-refractivity contribution in [2.24, 2.45) is 0 Å². The number of amides is 1. The highest BCUT2D eigenvalue weighted by Gasteiger charge is 2.09. The molecule has 0 aliphatic carbocycles. The first kappa shape index (κ1) is 15.5. The van der Waals surface area contributed by atoms with E-state index < -0.39 is 0 Å². The lowest BCUT2D eigenvalue weighted by molar-refractivity contribution is 0.0946. The summed E-state index contributed by atoms with van der Waals surface area (Å²) in [4.78, 5) is 12.0. The largest absolute Gasteiger partial charge is 0.351 e. The Bertz CT molecular complexity index is 762. The molecule has 1 N–H and O–H groups in total. The number of nitrogens with one attached hydrogen (secondary N) is 1. The number of carbonyl (C=O) groups is 1. The third kappa shape index (κ3) is 4.28. The van der Waals surface area contributed by atoms with Gasteiger partial charge in [-0.05, 0) is 34.5 Å². The number of aromatic nitrogens is 6. The predicted molar refractivity (Wildman–Crippen MR) is 86.7 cm³/mol. The molecule has 0 saturated carbocycles. The van der Waals surface area contributed by atoms with Gasteiger partial charge in [-0.3, -0.25) is 14.2 Å². The average Bonchev–Trinajstić information content (AvgIpc) is 3.26. The second-order valence-corrected chi connectivity index (χ2v) is 5.87. The van der Waals surface area contributed by atoms with Gasteiger partial charge in [0.1, 0.15) is 12.4 Å². The Morgan fingerprint density at radius 2 is 2.13 bits per heavy atom. The number of hydrogen-bond donors (Lipinski definition) is 1. The van der Waals surface area contributed by atoms with Crippen LogP contribution < -0.4 is 5.32 Å². The van der Waals surface area contributed by atoms with Crippen molar-refractivity contribution in [1.82, 2.24) is 34.7 Å². The Hall–Kier alpha value is -2.42. The van der Waals surface area contributed by atoms with Gasteiger partial charge in [-0.25, -0.2) is 4.68 Å². The van der Waals surface area contributed by atoms with Crippen LogP contribution in [0.3, 0.4) is 0 Å². The van der Waals surface area contributed by atoms with Crippen molar-refractivity contribution in [2.75, 3.05) is 6.54 Å². The Morgan fingerprint density at radius 1 is 1.22 bits per heavy atom. The summed E-state index contributed by atoms with van der Waals surface area (Å²) in [5, 5.41) is 15.4. The average molecular weight is 378 g/mol. The quantitative estimate of drug-likeness (QED) is 0.630. The van der Waals surface area contributed by atoms with Gasteiger partial charge in [0.25, 0.3) is 5.91 Å². The van der Waals surface area contributed by atoms with Crippen molar-refractivity contribution < 1.29 is 4.79 Å². The minimum absolute atomic E-state index is 0.175. The fourth-order valence-corrected chi connectivity index (χ4v) is 2.42. The molecule has 0 aromatic carbocycles. The molecular weight excluding hydrogens is 362 g/mol. The first-order valence-electron chi connectivity index (χ1n) is 7.18. The van der Waals surface area contributed by atoms with Crippen molar-refractivity contribution in [3.05, 3.63) is 53.3 Å². The van der Waals surface area contributed by atoms with Crippen LogP contribution in [0.1, 0.15) is 16.9 Å². The summed E-state index contributed by atoms with van der Waals surface area (Å²) in [6.45, 7) is 1.81. The minimum atomic E-state index is -0.175. The van der Waals surface area contributed by atoms with E-state index in [1.54, 1.807) is 34.0 Å². The normalized spacial score (nSPS) is 10.8. The van der Waals surface area contributed by atoms with E-state index in [2.05, 4.69) is 36.5 Å². The predicted octanol–water partition coefficient (Wildman–Crippen LogP) is 1.36. The van der Waals surface area contributed by atoms with E-state index in [1.165, 1.54) is 0 Å². The molecule has 0 aliphatic heterocycles. The fraction of sp³-hybridized carbons (Fsp3) is 0.286. The zero-order valence-electron chi connectivity index (χ0n) is 12.3. The second-order valence-electron chi connectivity index (χ2n) is 4.96. The topological polar surface area (TPSA) is 82.6 Å². The van der Waals surface area contributed by atoms with Crippen LogP contribution in [-0.2, 0) is 13.2 Å². The van der Waals surface area contributed by atoms with Crippen LogP contribution in [0.25, 0.3) is 0 Å². The fourth-order valence-electron chi connectivity index (χ4n) is 2.09. The number of nitrogens with zero attached hydrogens (tertiary/aromatic N) is 6. The number of aryl methyl sites for hydroxylation is 1. The van der Waals surface area contributed by atoms with Crippen molar-refractivity contribution >= 4 is 21.8 Å². The Balaban J connectivity index is 1.46. The SMILES string of the molecule is O=C(NCCCn1cccn1)c1ccn(Cn2cc(Br)cn2)n1. The van der Waals surface area contributed by atoms with E-state index in [0.717, 1.165) is 17.4 Å². The Morgan fingerprint density at radius 3 is 2.87 bits per heavy atom. The zero-order valence-corrected chi connectivity index (χ0v) is 13.9. The molecule has 3 rings (SSSR count). The van der Waals surface area contributed by atoms with Crippen molar-refractivity contribution in [2.45, 2.75) is 19.6 Å². The molecule has 0 bridgehead atoms. The maximum Gasteiger partial charge on any atom is 0.271 e. The van der Waals surface area contributed by atoms with E-state index in [0.29, 0.717) is 18.9 Å². The molecule has 0 unspecified atom stereocenters. The van der Waals surface area contributed by atoms with E-state index in [1.807, 2.05) is 23.1 Å². The molecule has 0 radical (unpaired) electrons. The molecule has 3 heterocycles. The number of rotatable bonds is 7. The van der Waals surface area contributed by atoms with E-state index in [-0.39, 0.29) is 5.91 Å². The lowest BCUT2D eigenvalue weighted by atomic mass is 10.3. The van der Waals surface area contributed by atoms with E-state index >= 15 is 0 Å². The second kappa shape index (κ2) is 7.23. The van der Waals surface area contributed by atoms with Crippen LogP contribution in [0.5, 0.6) is 0 Å². The van der Waals surface area contributed by atoms with Crippen LogP contribution in [0.4, 0.5) is 0 Å². The highest BCUT2D eigenvalue weighted by atomic mass is 79.9. The van der Waals surface area contributed by atoms with Crippen molar-refractivity contribution in [1.29, 1.82) is 0 Å². The van der Waals surface area contributed by atoms with Gasteiger partial charge in [0.15, 0.2) is 0 Å². The molecule has 120 valence electrons. The van der Waals surface area contributed by atoms with Gasteiger partial charge < -0.3 is 5.32 Å². The van der Waals surface area contributed by atoms with Gasteiger partial charge in [0, 0.05) is 37.9 Å². The number of hydrogen-bond acceptors (Lipinski definition) is 4. The highest BCUT2D eigenvalue weighted by Crippen LogP contribution is 2.06. The molecule has 9 heteroatoms. The van der Waals surface area contributed by atoms with Gasteiger partial charge >= 0.3 is 0 Å². The molecule has 0 aliphatic rings. The van der Waals surface area contributed by atoms with Gasteiger partial charge in [0.2, 0.25) is 0 Å². The zero-order chi connectivity index (χ0) is 16.1. The van der Waals surface area contributed by atoms with Gasteiger partial charge in [-0.2, -0.15) is 15.3 Å². The Kier molecular flexibility index (Phi) is 4.86. The maximum absolute atomic E-state index is 12.0. The van der Waals surface area contributed by atoms with Crippen LogP contribution in [0, 0.1) is 0 Å². The molecule has 0 spiro atoms. The molecule has 1 amide bonds. The lowest BCUT2D eigenvalue weighted by Gasteiger charge is -2.04. The summed E-state index contributed by atoms with van der Waals surface area (Å²) in [7, 11) is 0. The van der Waals surface area contributed by atoms with Crippen molar-refractivity contribution in [3.8, 4) is 0 Å². The minimum Gasteiger partial charge on any atom is -0.351 e. The van der Waals surface area contributed by atoms with E-state index in [9.17, 15) is 4.79 Å². The van der Waals surface area contributed by atoms with Gasteiger partial charge in [-0.15, -0.1) is 0 Å². The number of halogens is 1. The number of carbonyl (C=O) groups excluding carboxylic acids is 1. The lowest BCUT2D eigenvalue weighted by Crippen LogP contribution is -2.26. The third-order valence-electron chi connectivity index (χ3n) is 3.17. The smallest absolute Gasteiger partial charge is 0.271 e. The first-order valence-corrected chi connectivity index (χ1v) is 7.97. The van der Waals surface area contributed by atoms with Gasteiger partial charge in [-0.1, -0.05) is 0 Å². The molecule has 3 aromatic rings. The van der Waals surface area contributed by atoms with Gasteiger partial charge in [0.05, 0.1) is 10.7 Å². The standard InChI is InChI=1S/C14H16BrN7O/c15-12-9-18-22(10-12)11-21-8-3-13(19-21)14(23)16-4-1-6-20-7-2-5-17-20/h2-3,5,7-10H,1,4,6,11H2,(H,16,23). The van der Waals surface area contributed by atoms with Crippen molar-refractivity contribution in [3.63, 3.8) is 0 Å². The molecule has 0 atom stereocenters. The van der Waals surface area contributed by atoms with Crippen LogP contribution in [-0.4, -0.2) is 41.8 Å². The van der Waals surface area contributed by atoms with Crippen LogP contribution >= 0.6 is 15.9 Å². The monoisotopic (exact) mass is 377 g/mol. The molecule has 0 fully saturated rings. The first-order chi connectivity index (χ1) is 11.2. The summed E-state index contributed by atoms with van der Waals surface area (Å²) in [6, 6.07) is 3.57. The van der Waals surface area contributed by atoms with Crippen LogP contribution in [0.15, 0.2) is 47.6 Å². The summed E-state index contributed by atoms with van der Waals surface area (Å²) >= 11 is 3.34. The molecule has 0 saturated heterocycles. The van der Waals surface area contributed by atoms with E-state index in [4.69, 9.17) is 0 Å². The molecule has 8 nitrogen and oxygen atoms in total. The molecular formula is C14H16BrN7O. The summed E-state index contributed by atoms with van der Waals surface area (Å²) < 4.78 is 6.13. The molecule has 3 aromatic heterocycles. The summed E-state index contributed by atoms with van der Waals surface area (Å²) in [5.41, 5.74) is 0.398. The highest BCUT2D eigenvalue weighted by molar-refractivity contribution is 9.10.